The van der Waals surface area contributed by atoms with Gasteiger partial charge in [0.15, 0.2) is 0 Å². The van der Waals surface area contributed by atoms with E-state index in [0.29, 0.717) is 0 Å². The minimum atomic E-state index is -0.00413. The predicted octanol–water partition coefficient (Wildman–Crippen LogP) is 2.29. The van der Waals surface area contributed by atoms with Crippen LogP contribution in [0.1, 0.15) is 26.7 Å². The minimum absolute atomic E-state index is 0.00413. The topological polar surface area (TPSA) is 45.1 Å². The lowest BCUT2D eigenvalue weighted by molar-refractivity contribution is 0.127. The van der Waals surface area contributed by atoms with Gasteiger partial charge in [-0.05, 0) is 25.0 Å². The maximum absolute atomic E-state index is 9.40. The van der Waals surface area contributed by atoms with Gasteiger partial charge in [0.1, 0.15) is 0 Å². The quantitative estimate of drug-likeness (QED) is 0.754. The Morgan fingerprint density at radius 2 is 2.13 bits per heavy atom. The molecule has 3 heteroatoms. The molecule has 84 valence electrons. The monoisotopic (exact) mass is 208 g/mol. The molecule has 0 aliphatic heterocycles. The molecule has 0 fully saturated rings. The fourth-order valence-corrected chi connectivity index (χ4v) is 1.54. The third-order valence-corrected chi connectivity index (χ3v) is 3.16. The highest BCUT2D eigenvalue weighted by Crippen LogP contribution is 2.25. The molecule has 1 aromatic heterocycles. The van der Waals surface area contributed by atoms with E-state index >= 15 is 0 Å². The van der Waals surface area contributed by atoms with Crippen LogP contribution < -0.4 is 5.32 Å². The average Bonchev–Trinajstić information content (AvgIpc) is 2.33. The summed E-state index contributed by atoms with van der Waals surface area (Å²) in [5.41, 5.74) is 1.01. The lowest BCUT2D eigenvalue weighted by atomic mass is 9.83. The Hall–Kier alpha value is -1.09. The molecule has 0 aromatic carbocycles. The molecule has 0 saturated carbocycles. The molecule has 0 bridgehead atoms. The van der Waals surface area contributed by atoms with Crippen molar-refractivity contribution in [1.82, 2.24) is 4.98 Å². The van der Waals surface area contributed by atoms with E-state index in [0.717, 1.165) is 25.1 Å². The van der Waals surface area contributed by atoms with E-state index in [1.165, 1.54) is 0 Å². The highest BCUT2D eigenvalue weighted by molar-refractivity contribution is 5.39. The summed E-state index contributed by atoms with van der Waals surface area (Å²) >= 11 is 0. The lowest BCUT2D eigenvalue weighted by Gasteiger charge is -2.29. The average molecular weight is 208 g/mol. The van der Waals surface area contributed by atoms with Crippen LogP contribution in [0, 0.1) is 5.41 Å². The van der Waals surface area contributed by atoms with Crippen molar-refractivity contribution < 1.29 is 5.11 Å². The van der Waals surface area contributed by atoms with Gasteiger partial charge in [-0.25, -0.2) is 0 Å². The van der Waals surface area contributed by atoms with Crippen LogP contribution in [-0.2, 0) is 0 Å². The van der Waals surface area contributed by atoms with Gasteiger partial charge in [0, 0.05) is 24.4 Å². The molecule has 0 amide bonds. The highest BCUT2D eigenvalue weighted by atomic mass is 16.3. The Labute approximate surface area is 91.5 Å². The standard InChI is InChI=1S/C12H20N2O/c1-3-12(4-2,10-15)9-14-11-6-5-7-13-8-11/h5-8,14-15H,3-4,9-10H2,1-2H3. The Balaban J connectivity index is 2.54. The molecule has 3 nitrogen and oxygen atoms in total. The fraction of sp³-hybridized carbons (Fsp3) is 0.583. The molecule has 0 spiro atoms. The zero-order valence-corrected chi connectivity index (χ0v) is 9.53. The van der Waals surface area contributed by atoms with Gasteiger partial charge in [-0.1, -0.05) is 13.8 Å². The second-order valence-corrected chi connectivity index (χ2v) is 3.96. The number of aliphatic hydroxyl groups excluding tert-OH is 1. The van der Waals surface area contributed by atoms with Crippen LogP contribution in [0.3, 0.4) is 0 Å². The normalized spacial score (nSPS) is 11.4. The third kappa shape index (κ3) is 3.20. The first-order valence-corrected chi connectivity index (χ1v) is 5.51. The van der Waals surface area contributed by atoms with Crippen molar-refractivity contribution in [3.8, 4) is 0 Å². The van der Waals surface area contributed by atoms with Crippen molar-refractivity contribution in [2.45, 2.75) is 26.7 Å². The summed E-state index contributed by atoms with van der Waals surface area (Å²) in [4.78, 5) is 4.04. The number of pyridine rings is 1. The van der Waals surface area contributed by atoms with Gasteiger partial charge >= 0.3 is 0 Å². The lowest BCUT2D eigenvalue weighted by Crippen LogP contribution is -2.32. The molecule has 0 radical (unpaired) electrons. The maximum atomic E-state index is 9.40. The van der Waals surface area contributed by atoms with Crippen molar-refractivity contribution in [2.24, 2.45) is 5.41 Å². The number of nitrogens with zero attached hydrogens (tertiary/aromatic N) is 1. The van der Waals surface area contributed by atoms with Gasteiger partial charge in [0.2, 0.25) is 0 Å². The summed E-state index contributed by atoms with van der Waals surface area (Å²) in [6.07, 6.45) is 5.51. The summed E-state index contributed by atoms with van der Waals surface area (Å²) in [7, 11) is 0. The van der Waals surface area contributed by atoms with E-state index < -0.39 is 0 Å². The van der Waals surface area contributed by atoms with Crippen molar-refractivity contribution in [3.63, 3.8) is 0 Å². The van der Waals surface area contributed by atoms with E-state index in [2.05, 4.69) is 24.1 Å². The molecule has 1 heterocycles. The van der Waals surface area contributed by atoms with Crippen LogP contribution in [0.15, 0.2) is 24.5 Å². The summed E-state index contributed by atoms with van der Waals surface area (Å²) in [6.45, 7) is 5.25. The van der Waals surface area contributed by atoms with E-state index in [1.807, 2.05) is 12.1 Å². The molecule has 0 saturated heterocycles. The van der Waals surface area contributed by atoms with Crippen molar-refractivity contribution in [1.29, 1.82) is 0 Å². The SMILES string of the molecule is CCC(CC)(CO)CNc1cccnc1. The predicted molar refractivity (Wildman–Crippen MR) is 62.8 cm³/mol. The number of aromatic nitrogens is 1. The number of hydrogen-bond donors (Lipinski definition) is 2. The van der Waals surface area contributed by atoms with Gasteiger partial charge in [-0.2, -0.15) is 0 Å². The second kappa shape index (κ2) is 5.71. The highest BCUT2D eigenvalue weighted by Gasteiger charge is 2.24. The Kier molecular flexibility index (Phi) is 4.56. The van der Waals surface area contributed by atoms with E-state index in [9.17, 15) is 5.11 Å². The zero-order valence-electron chi connectivity index (χ0n) is 9.53. The minimum Gasteiger partial charge on any atom is -0.396 e. The molecule has 15 heavy (non-hydrogen) atoms. The summed E-state index contributed by atoms with van der Waals surface area (Å²) in [6, 6.07) is 3.89. The zero-order chi connectivity index (χ0) is 11.1. The largest absolute Gasteiger partial charge is 0.396 e. The first kappa shape index (κ1) is 12.0. The smallest absolute Gasteiger partial charge is 0.0526 e. The molecule has 2 N–H and O–H groups in total. The molecule has 1 rings (SSSR count). The molecule has 0 unspecified atom stereocenters. The molecule has 1 aromatic rings. The number of hydrogen-bond acceptors (Lipinski definition) is 3. The summed E-state index contributed by atoms with van der Waals surface area (Å²) in [5, 5.41) is 12.7. The first-order valence-electron chi connectivity index (χ1n) is 5.51. The molecule has 0 aliphatic rings. The van der Waals surface area contributed by atoms with Gasteiger partial charge in [0.05, 0.1) is 12.3 Å². The van der Waals surface area contributed by atoms with Crippen LogP contribution in [0.5, 0.6) is 0 Å². The van der Waals surface area contributed by atoms with E-state index in [-0.39, 0.29) is 12.0 Å². The summed E-state index contributed by atoms with van der Waals surface area (Å²) in [5.74, 6) is 0. The number of nitrogens with one attached hydrogen (secondary N) is 1. The molecular formula is C12H20N2O. The van der Waals surface area contributed by atoms with Crippen molar-refractivity contribution in [3.05, 3.63) is 24.5 Å². The van der Waals surface area contributed by atoms with E-state index in [4.69, 9.17) is 0 Å². The molecule has 0 aliphatic carbocycles. The van der Waals surface area contributed by atoms with E-state index in [1.54, 1.807) is 12.4 Å². The first-order chi connectivity index (χ1) is 7.26. The Morgan fingerprint density at radius 3 is 2.60 bits per heavy atom. The Bertz CT molecular complexity index is 262. The van der Waals surface area contributed by atoms with Crippen molar-refractivity contribution in [2.75, 3.05) is 18.5 Å². The number of anilines is 1. The van der Waals surface area contributed by atoms with Crippen LogP contribution in [0.4, 0.5) is 5.69 Å². The van der Waals surface area contributed by atoms with Gasteiger partial charge in [0.25, 0.3) is 0 Å². The van der Waals surface area contributed by atoms with Crippen LogP contribution in [0.25, 0.3) is 0 Å². The van der Waals surface area contributed by atoms with Crippen LogP contribution in [-0.4, -0.2) is 23.2 Å². The third-order valence-electron chi connectivity index (χ3n) is 3.16. The number of rotatable bonds is 6. The summed E-state index contributed by atoms with van der Waals surface area (Å²) < 4.78 is 0. The molecular weight excluding hydrogens is 188 g/mol. The fourth-order valence-electron chi connectivity index (χ4n) is 1.54. The number of aliphatic hydroxyl groups is 1. The van der Waals surface area contributed by atoms with Crippen LogP contribution >= 0.6 is 0 Å². The maximum Gasteiger partial charge on any atom is 0.0526 e. The molecule has 0 atom stereocenters. The Morgan fingerprint density at radius 1 is 1.40 bits per heavy atom. The van der Waals surface area contributed by atoms with Crippen molar-refractivity contribution >= 4 is 5.69 Å². The second-order valence-electron chi connectivity index (χ2n) is 3.96. The van der Waals surface area contributed by atoms with Gasteiger partial charge < -0.3 is 10.4 Å². The van der Waals surface area contributed by atoms with Gasteiger partial charge in [-0.3, -0.25) is 4.98 Å². The van der Waals surface area contributed by atoms with Gasteiger partial charge in [-0.15, -0.1) is 0 Å². The van der Waals surface area contributed by atoms with Crippen LogP contribution in [0.2, 0.25) is 0 Å².